The Balaban J connectivity index is 2.17. The van der Waals surface area contributed by atoms with Crippen LogP contribution in [-0.2, 0) is 32.3 Å². The van der Waals surface area contributed by atoms with Crippen LogP contribution in [0.3, 0.4) is 0 Å². The first-order chi connectivity index (χ1) is 9.62. The van der Waals surface area contributed by atoms with E-state index in [0.29, 0.717) is 6.54 Å². The molecule has 0 aromatic carbocycles. The third-order valence-electron chi connectivity index (χ3n) is 3.13. The minimum absolute atomic E-state index is 0.413. The largest absolute Gasteiger partial charge is 0.324 e. The lowest BCUT2D eigenvalue weighted by Crippen LogP contribution is -2.08. The maximum absolute atomic E-state index is 5.66. The molecule has 2 heterocycles. The predicted octanol–water partition coefficient (Wildman–Crippen LogP) is 2.11. The molecule has 2 rings (SSSR count). The Morgan fingerprint density at radius 2 is 2.05 bits per heavy atom. The van der Waals surface area contributed by atoms with Crippen molar-refractivity contribution in [2.45, 2.75) is 44.3 Å². The molecule has 0 bridgehead atoms. The van der Waals surface area contributed by atoms with Crippen molar-refractivity contribution < 1.29 is 0 Å². The minimum atomic E-state index is 0.413. The predicted molar refractivity (Wildman–Crippen MR) is 83.4 cm³/mol. The van der Waals surface area contributed by atoms with Crippen LogP contribution in [0.25, 0.3) is 0 Å². The maximum Gasteiger partial charge on any atom is 0.191 e. The highest BCUT2D eigenvalue weighted by molar-refractivity contribution is 9.10. The second-order valence-electron chi connectivity index (χ2n) is 4.32. The van der Waals surface area contributed by atoms with E-state index in [1.807, 2.05) is 11.7 Å². The number of rotatable bonds is 6. The van der Waals surface area contributed by atoms with Crippen molar-refractivity contribution in [2.24, 2.45) is 12.8 Å². The van der Waals surface area contributed by atoms with Crippen LogP contribution in [0.1, 0.15) is 31.1 Å². The van der Waals surface area contributed by atoms with Crippen LogP contribution in [-0.4, -0.2) is 24.5 Å². The van der Waals surface area contributed by atoms with Crippen molar-refractivity contribution in [1.29, 1.82) is 0 Å². The normalized spacial score (nSPS) is 11.2. The molecule has 0 aliphatic carbocycles. The lowest BCUT2D eigenvalue weighted by molar-refractivity contribution is 0.642. The van der Waals surface area contributed by atoms with E-state index in [1.54, 1.807) is 11.8 Å². The summed E-state index contributed by atoms with van der Waals surface area (Å²) < 4.78 is 5.07. The van der Waals surface area contributed by atoms with Crippen LogP contribution in [0.2, 0.25) is 0 Å². The molecule has 0 unspecified atom stereocenters. The second-order valence-corrected chi connectivity index (χ2v) is 6.06. The van der Waals surface area contributed by atoms with Crippen LogP contribution >= 0.6 is 27.7 Å². The maximum atomic E-state index is 5.66. The molecular formula is C12H19BrN6S. The molecule has 110 valence electrons. The van der Waals surface area contributed by atoms with E-state index in [9.17, 15) is 0 Å². The number of hydrogen-bond acceptors (Lipinski definition) is 5. The third-order valence-corrected chi connectivity index (χ3v) is 5.03. The van der Waals surface area contributed by atoms with Crippen molar-refractivity contribution in [2.75, 3.05) is 0 Å². The minimum Gasteiger partial charge on any atom is -0.324 e. The van der Waals surface area contributed by atoms with Gasteiger partial charge in [0.15, 0.2) is 5.16 Å². The van der Waals surface area contributed by atoms with Gasteiger partial charge in [0, 0.05) is 19.3 Å². The van der Waals surface area contributed by atoms with Gasteiger partial charge in [0.25, 0.3) is 0 Å². The molecule has 2 aromatic rings. The van der Waals surface area contributed by atoms with Crippen LogP contribution in [0.15, 0.2) is 9.63 Å². The van der Waals surface area contributed by atoms with Gasteiger partial charge in [-0.05, 0) is 29.3 Å². The summed E-state index contributed by atoms with van der Waals surface area (Å²) in [6, 6.07) is 0. The number of hydrogen-bond donors (Lipinski definition) is 1. The van der Waals surface area contributed by atoms with Crippen molar-refractivity contribution in [3.63, 3.8) is 0 Å². The molecule has 0 saturated carbocycles. The van der Waals surface area contributed by atoms with Crippen LogP contribution in [0, 0.1) is 0 Å². The lowest BCUT2D eigenvalue weighted by atomic mass is 10.3. The zero-order valence-electron chi connectivity index (χ0n) is 11.9. The van der Waals surface area contributed by atoms with Gasteiger partial charge in [0.1, 0.15) is 5.82 Å². The zero-order chi connectivity index (χ0) is 14.7. The van der Waals surface area contributed by atoms with Gasteiger partial charge < -0.3 is 10.3 Å². The number of aromatic nitrogens is 5. The van der Waals surface area contributed by atoms with Crippen LogP contribution in [0.4, 0.5) is 0 Å². The third kappa shape index (κ3) is 2.91. The van der Waals surface area contributed by atoms with Gasteiger partial charge in [0.05, 0.1) is 22.4 Å². The standard InChI is InChI=1S/C12H19BrN6S/c1-4-8-11(13)9(18(3)17-8)7-20-12-16-15-10(6-14)19(12)5-2/h4-7,14H2,1-3H3. The monoisotopic (exact) mass is 358 g/mol. The first-order valence-electron chi connectivity index (χ1n) is 6.57. The average Bonchev–Trinajstić information content (AvgIpc) is 2.97. The van der Waals surface area contributed by atoms with Crippen molar-refractivity contribution in [3.05, 3.63) is 21.7 Å². The Morgan fingerprint density at radius 3 is 2.60 bits per heavy atom. The Hall–Kier alpha value is -0.860. The summed E-state index contributed by atoms with van der Waals surface area (Å²) in [6.07, 6.45) is 0.918. The van der Waals surface area contributed by atoms with E-state index >= 15 is 0 Å². The van der Waals surface area contributed by atoms with Crippen molar-refractivity contribution in [3.8, 4) is 0 Å². The Morgan fingerprint density at radius 1 is 1.30 bits per heavy atom. The van der Waals surface area contributed by atoms with E-state index in [2.05, 4.69) is 49.6 Å². The van der Waals surface area contributed by atoms with Crippen LogP contribution < -0.4 is 5.73 Å². The molecule has 0 aliphatic rings. The Kier molecular flexibility index (Phi) is 5.22. The van der Waals surface area contributed by atoms with Gasteiger partial charge in [-0.2, -0.15) is 5.10 Å². The lowest BCUT2D eigenvalue weighted by Gasteiger charge is -2.06. The number of aryl methyl sites for hydroxylation is 2. The SMILES string of the molecule is CCc1nn(C)c(CSc2nnc(CN)n2CC)c1Br. The highest BCUT2D eigenvalue weighted by Crippen LogP contribution is 2.28. The molecule has 0 radical (unpaired) electrons. The summed E-state index contributed by atoms with van der Waals surface area (Å²) in [5.74, 6) is 1.63. The van der Waals surface area contributed by atoms with Gasteiger partial charge in [-0.3, -0.25) is 4.68 Å². The topological polar surface area (TPSA) is 74.6 Å². The fourth-order valence-electron chi connectivity index (χ4n) is 2.00. The molecular weight excluding hydrogens is 340 g/mol. The summed E-state index contributed by atoms with van der Waals surface area (Å²) in [5, 5.41) is 13.7. The Labute approximate surface area is 131 Å². The Bertz CT molecular complexity index is 591. The number of nitrogens with zero attached hydrogens (tertiary/aromatic N) is 5. The molecule has 0 aliphatic heterocycles. The van der Waals surface area contributed by atoms with Crippen LogP contribution in [0.5, 0.6) is 0 Å². The van der Waals surface area contributed by atoms with E-state index in [4.69, 9.17) is 5.73 Å². The summed E-state index contributed by atoms with van der Waals surface area (Å²) >= 11 is 5.29. The first kappa shape index (κ1) is 15.5. The van der Waals surface area contributed by atoms with Gasteiger partial charge >= 0.3 is 0 Å². The molecule has 2 aromatic heterocycles. The van der Waals surface area contributed by atoms with E-state index in [1.165, 1.54) is 0 Å². The molecule has 0 fully saturated rings. The smallest absolute Gasteiger partial charge is 0.191 e. The zero-order valence-corrected chi connectivity index (χ0v) is 14.3. The average molecular weight is 359 g/mol. The van der Waals surface area contributed by atoms with Gasteiger partial charge in [0.2, 0.25) is 0 Å². The second kappa shape index (κ2) is 6.73. The van der Waals surface area contributed by atoms with E-state index in [0.717, 1.165) is 45.6 Å². The summed E-state index contributed by atoms with van der Waals surface area (Å²) in [6.45, 7) is 5.42. The summed E-state index contributed by atoms with van der Waals surface area (Å²) in [5.41, 5.74) is 7.91. The van der Waals surface area contributed by atoms with Gasteiger partial charge in [-0.1, -0.05) is 18.7 Å². The van der Waals surface area contributed by atoms with E-state index in [-0.39, 0.29) is 0 Å². The molecule has 20 heavy (non-hydrogen) atoms. The molecule has 8 heteroatoms. The van der Waals surface area contributed by atoms with Crippen molar-refractivity contribution >= 4 is 27.7 Å². The molecule has 0 spiro atoms. The van der Waals surface area contributed by atoms with Crippen molar-refractivity contribution in [1.82, 2.24) is 24.5 Å². The first-order valence-corrected chi connectivity index (χ1v) is 8.35. The van der Waals surface area contributed by atoms with Gasteiger partial charge in [-0.15, -0.1) is 10.2 Å². The number of thioether (sulfide) groups is 1. The molecule has 0 atom stereocenters. The fraction of sp³-hybridized carbons (Fsp3) is 0.583. The molecule has 0 amide bonds. The van der Waals surface area contributed by atoms with E-state index < -0.39 is 0 Å². The summed E-state index contributed by atoms with van der Waals surface area (Å²) in [7, 11) is 1.97. The highest BCUT2D eigenvalue weighted by Gasteiger charge is 2.15. The summed E-state index contributed by atoms with van der Waals surface area (Å²) in [4.78, 5) is 0. The molecule has 2 N–H and O–H groups in total. The molecule has 0 saturated heterocycles. The fourth-order valence-corrected chi connectivity index (χ4v) is 4.03. The number of halogens is 1. The van der Waals surface area contributed by atoms with Gasteiger partial charge in [-0.25, -0.2) is 0 Å². The highest BCUT2D eigenvalue weighted by atomic mass is 79.9. The quantitative estimate of drug-likeness (QED) is 0.800. The number of nitrogens with two attached hydrogens (primary N) is 1. The molecule has 6 nitrogen and oxygen atoms in total.